The number of halogens is 2. The fraction of sp³-hybridized carbons (Fsp3) is 0.533. The fourth-order valence-corrected chi connectivity index (χ4v) is 2.48. The topological polar surface area (TPSA) is 50.4 Å². The quantitative estimate of drug-likeness (QED) is 0.801. The number of hydrogen-bond donors (Lipinski definition) is 2. The highest BCUT2D eigenvalue weighted by Crippen LogP contribution is 2.19. The number of ether oxygens (including phenoxy) is 1. The van der Waals surface area contributed by atoms with Crippen molar-refractivity contribution in [3.8, 4) is 5.75 Å². The SMILES string of the molecule is CC(CNC(=O)C(C)C1CNC1)Oc1cccc(Br)c1.Cl. The summed E-state index contributed by atoms with van der Waals surface area (Å²) < 4.78 is 6.75. The molecular formula is C15H22BrClN2O2. The Labute approximate surface area is 140 Å². The Morgan fingerprint density at radius 3 is 2.76 bits per heavy atom. The maximum absolute atomic E-state index is 12.0. The Morgan fingerprint density at radius 2 is 2.19 bits per heavy atom. The van der Waals surface area contributed by atoms with Gasteiger partial charge in [-0.3, -0.25) is 4.79 Å². The van der Waals surface area contributed by atoms with E-state index in [0.29, 0.717) is 12.5 Å². The van der Waals surface area contributed by atoms with Crippen LogP contribution in [0.15, 0.2) is 28.7 Å². The highest BCUT2D eigenvalue weighted by Gasteiger charge is 2.28. The van der Waals surface area contributed by atoms with Crippen LogP contribution in [0.2, 0.25) is 0 Å². The Morgan fingerprint density at radius 1 is 1.48 bits per heavy atom. The summed E-state index contributed by atoms with van der Waals surface area (Å²) in [6, 6.07) is 7.71. The number of carbonyl (C=O) groups is 1. The molecule has 6 heteroatoms. The predicted octanol–water partition coefficient (Wildman–Crippen LogP) is 2.61. The second-order valence-corrected chi connectivity index (χ2v) is 6.25. The third kappa shape index (κ3) is 5.49. The molecule has 2 N–H and O–H groups in total. The minimum absolute atomic E-state index is 0. The van der Waals surface area contributed by atoms with Gasteiger partial charge in [0.25, 0.3) is 0 Å². The standard InChI is InChI=1S/C15H21BrN2O2.ClH/c1-10(20-14-5-3-4-13(16)6-14)7-18-15(19)11(2)12-8-17-9-12;/h3-6,10-12,17H,7-9H2,1-2H3,(H,18,19);1H. The number of nitrogens with one attached hydrogen (secondary N) is 2. The lowest BCUT2D eigenvalue weighted by Gasteiger charge is -2.32. The molecule has 0 saturated carbocycles. The van der Waals surface area contributed by atoms with Gasteiger partial charge in [-0.15, -0.1) is 12.4 Å². The second-order valence-electron chi connectivity index (χ2n) is 5.34. The van der Waals surface area contributed by atoms with E-state index in [1.807, 2.05) is 38.1 Å². The van der Waals surface area contributed by atoms with E-state index in [1.165, 1.54) is 0 Å². The molecule has 1 amide bonds. The lowest BCUT2D eigenvalue weighted by atomic mass is 9.88. The van der Waals surface area contributed by atoms with Gasteiger partial charge >= 0.3 is 0 Å². The lowest BCUT2D eigenvalue weighted by molar-refractivity contribution is -0.127. The molecule has 2 unspecified atom stereocenters. The molecule has 1 aliphatic heterocycles. The van der Waals surface area contributed by atoms with Gasteiger partial charge in [-0.05, 0) is 44.1 Å². The third-order valence-electron chi connectivity index (χ3n) is 3.63. The van der Waals surface area contributed by atoms with Gasteiger partial charge in [0, 0.05) is 10.4 Å². The number of rotatable bonds is 6. The Bertz CT molecular complexity index is 469. The molecule has 0 aromatic heterocycles. The number of carbonyl (C=O) groups excluding carboxylic acids is 1. The molecular weight excluding hydrogens is 356 g/mol. The molecule has 21 heavy (non-hydrogen) atoms. The Balaban J connectivity index is 0.00000220. The summed E-state index contributed by atoms with van der Waals surface area (Å²) >= 11 is 3.41. The number of hydrogen-bond acceptors (Lipinski definition) is 3. The minimum atomic E-state index is -0.0556. The van der Waals surface area contributed by atoms with Crippen LogP contribution in [0.25, 0.3) is 0 Å². The van der Waals surface area contributed by atoms with Crippen LogP contribution in [0.3, 0.4) is 0 Å². The normalized spacial score (nSPS) is 17.1. The highest BCUT2D eigenvalue weighted by atomic mass is 79.9. The summed E-state index contributed by atoms with van der Waals surface area (Å²) in [7, 11) is 0. The van der Waals surface area contributed by atoms with Crippen molar-refractivity contribution in [2.24, 2.45) is 11.8 Å². The van der Waals surface area contributed by atoms with E-state index in [-0.39, 0.29) is 30.3 Å². The molecule has 0 bridgehead atoms. The van der Waals surface area contributed by atoms with Crippen molar-refractivity contribution >= 4 is 34.2 Å². The minimum Gasteiger partial charge on any atom is -0.489 e. The molecule has 1 heterocycles. The first-order valence-corrected chi connectivity index (χ1v) is 7.76. The first-order valence-electron chi connectivity index (χ1n) is 6.97. The molecule has 0 aliphatic carbocycles. The van der Waals surface area contributed by atoms with E-state index >= 15 is 0 Å². The van der Waals surface area contributed by atoms with Crippen LogP contribution < -0.4 is 15.4 Å². The lowest BCUT2D eigenvalue weighted by Crippen LogP contribution is -2.50. The predicted molar refractivity (Wildman–Crippen MR) is 90.0 cm³/mol. The molecule has 2 atom stereocenters. The largest absolute Gasteiger partial charge is 0.489 e. The average molecular weight is 378 g/mol. The summed E-state index contributed by atoms with van der Waals surface area (Å²) in [5.41, 5.74) is 0. The molecule has 0 spiro atoms. The van der Waals surface area contributed by atoms with Crippen LogP contribution in [0.4, 0.5) is 0 Å². The molecule has 2 rings (SSSR count). The van der Waals surface area contributed by atoms with Gasteiger partial charge in [0.1, 0.15) is 11.9 Å². The van der Waals surface area contributed by atoms with E-state index in [0.717, 1.165) is 23.3 Å². The van der Waals surface area contributed by atoms with Gasteiger partial charge in [0.2, 0.25) is 5.91 Å². The van der Waals surface area contributed by atoms with E-state index in [9.17, 15) is 4.79 Å². The van der Waals surface area contributed by atoms with E-state index < -0.39 is 0 Å². The van der Waals surface area contributed by atoms with Crippen molar-refractivity contribution in [1.82, 2.24) is 10.6 Å². The van der Waals surface area contributed by atoms with Crippen molar-refractivity contribution in [3.05, 3.63) is 28.7 Å². The fourth-order valence-electron chi connectivity index (χ4n) is 2.10. The molecule has 1 aromatic rings. The van der Waals surface area contributed by atoms with E-state index in [1.54, 1.807) is 0 Å². The zero-order valence-corrected chi connectivity index (χ0v) is 14.7. The summed E-state index contributed by atoms with van der Waals surface area (Å²) in [4.78, 5) is 12.0. The van der Waals surface area contributed by atoms with Gasteiger partial charge in [-0.25, -0.2) is 0 Å². The summed E-state index contributed by atoms with van der Waals surface area (Å²) in [6.07, 6.45) is -0.0556. The van der Waals surface area contributed by atoms with Crippen LogP contribution in [0, 0.1) is 11.8 Å². The van der Waals surface area contributed by atoms with Crippen LogP contribution >= 0.6 is 28.3 Å². The van der Waals surface area contributed by atoms with Gasteiger partial charge in [0.05, 0.1) is 6.54 Å². The van der Waals surface area contributed by atoms with Gasteiger partial charge < -0.3 is 15.4 Å². The second kappa shape index (κ2) is 8.61. The van der Waals surface area contributed by atoms with E-state index in [2.05, 4.69) is 26.6 Å². The van der Waals surface area contributed by atoms with Gasteiger partial charge in [-0.2, -0.15) is 0 Å². The Hall–Kier alpha value is -0.780. The number of amides is 1. The average Bonchev–Trinajstić information content (AvgIpc) is 2.33. The van der Waals surface area contributed by atoms with Gasteiger partial charge in [0.15, 0.2) is 0 Å². The summed E-state index contributed by atoms with van der Waals surface area (Å²) in [5, 5.41) is 6.15. The monoisotopic (exact) mass is 376 g/mol. The first-order chi connectivity index (χ1) is 9.56. The highest BCUT2D eigenvalue weighted by molar-refractivity contribution is 9.10. The first kappa shape index (κ1) is 18.3. The maximum atomic E-state index is 12.0. The third-order valence-corrected chi connectivity index (χ3v) is 4.12. The molecule has 118 valence electrons. The van der Waals surface area contributed by atoms with E-state index in [4.69, 9.17) is 4.74 Å². The van der Waals surface area contributed by atoms with Crippen molar-refractivity contribution in [2.75, 3.05) is 19.6 Å². The maximum Gasteiger partial charge on any atom is 0.223 e. The van der Waals surface area contributed by atoms with Crippen molar-refractivity contribution in [3.63, 3.8) is 0 Å². The van der Waals surface area contributed by atoms with Crippen molar-refractivity contribution < 1.29 is 9.53 Å². The zero-order valence-electron chi connectivity index (χ0n) is 12.3. The Kier molecular flexibility index (Phi) is 7.49. The van der Waals surface area contributed by atoms with Crippen LogP contribution in [0.5, 0.6) is 5.75 Å². The van der Waals surface area contributed by atoms with Crippen LogP contribution in [-0.4, -0.2) is 31.6 Å². The molecule has 1 saturated heterocycles. The summed E-state index contributed by atoms with van der Waals surface area (Å²) in [5.74, 6) is 1.45. The summed E-state index contributed by atoms with van der Waals surface area (Å²) in [6.45, 7) is 6.35. The molecule has 4 nitrogen and oxygen atoms in total. The molecule has 1 aromatic carbocycles. The van der Waals surface area contributed by atoms with Crippen LogP contribution in [0.1, 0.15) is 13.8 Å². The van der Waals surface area contributed by atoms with Gasteiger partial charge in [-0.1, -0.05) is 28.9 Å². The van der Waals surface area contributed by atoms with Crippen LogP contribution in [-0.2, 0) is 4.79 Å². The molecule has 1 fully saturated rings. The van der Waals surface area contributed by atoms with Crippen molar-refractivity contribution in [2.45, 2.75) is 20.0 Å². The van der Waals surface area contributed by atoms with Crippen molar-refractivity contribution in [1.29, 1.82) is 0 Å². The number of benzene rings is 1. The molecule has 0 radical (unpaired) electrons. The molecule has 1 aliphatic rings. The zero-order chi connectivity index (χ0) is 14.5. The smallest absolute Gasteiger partial charge is 0.223 e.